The standard InChI is InChI=1S/C17H17ClO2/c18-15-7-5-12(6-8-15)9-16(19)14-10-13-3-1-2-4-17(13)20-11-14/h1-8,14,16,19H,9-11H2. The van der Waals surface area contributed by atoms with Gasteiger partial charge in [-0.15, -0.1) is 0 Å². The Morgan fingerprint density at radius 2 is 1.90 bits per heavy atom. The van der Waals surface area contributed by atoms with Crippen molar-refractivity contribution in [3.05, 3.63) is 64.7 Å². The number of rotatable bonds is 3. The van der Waals surface area contributed by atoms with Crippen LogP contribution < -0.4 is 4.74 Å². The molecule has 2 atom stereocenters. The van der Waals surface area contributed by atoms with Crippen LogP contribution in [0.25, 0.3) is 0 Å². The number of halogens is 1. The molecule has 0 bridgehead atoms. The molecular formula is C17H17ClO2. The normalized spacial score (nSPS) is 19.0. The monoisotopic (exact) mass is 288 g/mol. The lowest BCUT2D eigenvalue weighted by atomic mass is 9.89. The number of aliphatic hydroxyl groups is 1. The average Bonchev–Trinajstić information content (AvgIpc) is 2.49. The van der Waals surface area contributed by atoms with Crippen molar-refractivity contribution in [3.63, 3.8) is 0 Å². The third kappa shape index (κ3) is 2.97. The molecule has 20 heavy (non-hydrogen) atoms. The molecule has 0 saturated carbocycles. The van der Waals surface area contributed by atoms with Gasteiger partial charge in [0.1, 0.15) is 5.75 Å². The first-order chi connectivity index (χ1) is 9.72. The molecule has 1 heterocycles. The molecule has 1 aliphatic rings. The van der Waals surface area contributed by atoms with Crippen LogP contribution in [0.3, 0.4) is 0 Å². The molecular weight excluding hydrogens is 272 g/mol. The zero-order valence-corrected chi connectivity index (χ0v) is 11.9. The predicted molar refractivity (Wildman–Crippen MR) is 80.3 cm³/mol. The zero-order valence-electron chi connectivity index (χ0n) is 11.1. The van der Waals surface area contributed by atoms with Gasteiger partial charge < -0.3 is 9.84 Å². The molecule has 104 valence electrons. The molecule has 1 N–H and O–H groups in total. The molecule has 2 nitrogen and oxygen atoms in total. The van der Waals surface area contributed by atoms with E-state index in [9.17, 15) is 5.11 Å². The lowest BCUT2D eigenvalue weighted by molar-refractivity contribution is 0.0652. The van der Waals surface area contributed by atoms with Gasteiger partial charge in [-0.1, -0.05) is 41.9 Å². The van der Waals surface area contributed by atoms with Crippen molar-refractivity contribution in [1.82, 2.24) is 0 Å². The highest BCUT2D eigenvalue weighted by Gasteiger charge is 2.26. The van der Waals surface area contributed by atoms with Crippen LogP contribution in [0, 0.1) is 5.92 Å². The molecule has 0 radical (unpaired) electrons. The highest BCUT2D eigenvalue weighted by atomic mass is 35.5. The summed E-state index contributed by atoms with van der Waals surface area (Å²) in [5.41, 5.74) is 2.28. The Labute approximate surface area is 124 Å². The smallest absolute Gasteiger partial charge is 0.122 e. The second kappa shape index (κ2) is 5.86. The Morgan fingerprint density at radius 1 is 1.15 bits per heavy atom. The number of para-hydroxylation sites is 1. The number of ether oxygens (including phenoxy) is 1. The molecule has 0 amide bonds. The zero-order chi connectivity index (χ0) is 13.9. The first kappa shape index (κ1) is 13.5. The molecule has 2 unspecified atom stereocenters. The van der Waals surface area contributed by atoms with E-state index in [1.807, 2.05) is 42.5 Å². The maximum Gasteiger partial charge on any atom is 0.122 e. The molecule has 1 aliphatic heterocycles. The molecule has 0 fully saturated rings. The van der Waals surface area contributed by atoms with Gasteiger partial charge in [0, 0.05) is 10.9 Å². The van der Waals surface area contributed by atoms with E-state index in [2.05, 4.69) is 6.07 Å². The van der Waals surface area contributed by atoms with Gasteiger partial charge >= 0.3 is 0 Å². The van der Waals surface area contributed by atoms with E-state index < -0.39 is 6.10 Å². The second-order valence-corrected chi connectivity index (χ2v) is 5.72. The quantitative estimate of drug-likeness (QED) is 0.937. The van der Waals surface area contributed by atoms with Gasteiger partial charge in [-0.25, -0.2) is 0 Å². The van der Waals surface area contributed by atoms with Gasteiger partial charge in [0.15, 0.2) is 0 Å². The molecule has 2 aromatic rings. The molecule has 0 saturated heterocycles. The maximum absolute atomic E-state index is 10.4. The van der Waals surface area contributed by atoms with Crippen LogP contribution in [0.2, 0.25) is 5.02 Å². The Bertz CT molecular complexity index is 580. The van der Waals surface area contributed by atoms with Crippen molar-refractivity contribution < 1.29 is 9.84 Å². The summed E-state index contributed by atoms with van der Waals surface area (Å²) in [6, 6.07) is 15.7. The SMILES string of the molecule is OC(Cc1ccc(Cl)cc1)C1COc2ccccc2C1. The summed E-state index contributed by atoms with van der Waals surface area (Å²) in [6.07, 6.45) is 1.10. The van der Waals surface area contributed by atoms with Gasteiger partial charge in [0.25, 0.3) is 0 Å². The van der Waals surface area contributed by atoms with Crippen molar-refractivity contribution in [1.29, 1.82) is 0 Å². The molecule has 0 aromatic heterocycles. The summed E-state index contributed by atoms with van der Waals surface area (Å²) < 4.78 is 5.73. The fourth-order valence-electron chi connectivity index (χ4n) is 2.63. The third-order valence-corrected chi connectivity index (χ3v) is 4.06. The van der Waals surface area contributed by atoms with Crippen LogP contribution in [0.1, 0.15) is 11.1 Å². The fraction of sp³-hybridized carbons (Fsp3) is 0.294. The van der Waals surface area contributed by atoms with Gasteiger partial charge in [0.05, 0.1) is 12.7 Å². The number of aliphatic hydroxyl groups excluding tert-OH is 1. The first-order valence-electron chi connectivity index (χ1n) is 6.85. The van der Waals surface area contributed by atoms with Crippen LogP contribution in [0.15, 0.2) is 48.5 Å². The lowest BCUT2D eigenvalue weighted by Crippen LogP contribution is -2.33. The van der Waals surface area contributed by atoms with Crippen LogP contribution in [-0.2, 0) is 12.8 Å². The Balaban J connectivity index is 1.67. The largest absolute Gasteiger partial charge is 0.493 e. The van der Waals surface area contributed by atoms with E-state index in [0.29, 0.717) is 13.0 Å². The Hall–Kier alpha value is -1.51. The van der Waals surface area contributed by atoms with E-state index in [1.165, 1.54) is 5.56 Å². The van der Waals surface area contributed by atoms with Crippen molar-refractivity contribution in [2.45, 2.75) is 18.9 Å². The number of benzene rings is 2. The first-order valence-corrected chi connectivity index (χ1v) is 7.23. The number of fused-ring (bicyclic) bond motifs is 1. The van der Waals surface area contributed by atoms with Crippen LogP contribution in [0.4, 0.5) is 0 Å². The summed E-state index contributed by atoms with van der Waals surface area (Å²) >= 11 is 5.87. The van der Waals surface area contributed by atoms with Crippen LogP contribution in [0.5, 0.6) is 5.75 Å². The number of hydrogen-bond donors (Lipinski definition) is 1. The van der Waals surface area contributed by atoms with Gasteiger partial charge in [-0.05, 0) is 42.2 Å². The predicted octanol–water partition coefficient (Wildman–Crippen LogP) is 3.49. The van der Waals surface area contributed by atoms with Crippen molar-refractivity contribution in [2.75, 3.05) is 6.61 Å². The van der Waals surface area contributed by atoms with E-state index >= 15 is 0 Å². The van der Waals surface area contributed by atoms with E-state index in [1.54, 1.807) is 0 Å². The number of hydrogen-bond acceptors (Lipinski definition) is 2. The van der Waals surface area contributed by atoms with Crippen molar-refractivity contribution in [2.24, 2.45) is 5.92 Å². The fourth-order valence-corrected chi connectivity index (χ4v) is 2.75. The van der Waals surface area contributed by atoms with Crippen LogP contribution in [-0.4, -0.2) is 17.8 Å². The summed E-state index contributed by atoms with van der Waals surface area (Å²) in [5.74, 6) is 1.09. The third-order valence-electron chi connectivity index (χ3n) is 3.81. The summed E-state index contributed by atoms with van der Waals surface area (Å²) in [6.45, 7) is 0.575. The van der Waals surface area contributed by atoms with Crippen molar-refractivity contribution >= 4 is 11.6 Å². The van der Waals surface area contributed by atoms with E-state index in [0.717, 1.165) is 22.8 Å². The summed E-state index contributed by atoms with van der Waals surface area (Å²) in [4.78, 5) is 0. The van der Waals surface area contributed by atoms with E-state index in [-0.39, 0.29) is 5.92 Å². The lowest BCUT2D eigenvalue weighted by Gasteiger charge is -2.28. The summed E-state index contributed by atoms with van der Waals surface area (Å²) in [7, 11) is 0. The van der Waals surface area contributed by atoms with Crippen LogP contribution >= 0.6 is 11.6 Å². The molecule has 2 aromatic carbocycles. The Kier molecular flexibility index (Phi) is 3.95. The maximum atomic E-state index is 10.4. The van der Waals surface area contributed by atoms with Gasteiger partial charge in [-0.2, -0.15) is 0 Å². The summed E-state index contributed by atoms with van der Waals surface area (Å²) in [5, 5.41) is 11.1. The molecule has 0 aliphatic carbocycles. The minimum Gasteiger partial charge on any atom is -0.493 e. The average molecular weight is 289 g/mol. The molecule has 0 spiro atoms. The topological polar surface area (TPSA) is 29.5 Å². The minimum atomic E-state index is -0.399. The molecule has 3 rings (SSSR count). The Morgan fingerprint density at radius 3 is 2.70 bits per heavy atom. The van der Waals surface area contributed by atoms with E-state index in [4.69, 9.17) is 16.3 Å². The molecule has 3 heteroatoms. The van der Waals surface area contributed by atoms with Crippen molar-refractivity contribution in [3.8, 4) is 5.75 Å². The minimum absolute atomic E-state index is 0.139. The highest BCUT2D eigenvalue weighted by molar-refractivity contribution is 6.30. The second-order valence-electron chi connectivity index (χ2n) is 5.28. The van der Waals surface area contributed by atoms with Gasteiger partial charge in [-0.3, -0.25) is 0 Å². The van der Waals surface area contributed by atoms with Gasteiger partial charge in [0.2, 0.25) is 0 Å². The highest BCUT2D eigenvalue weighted by Crippen LogP contribution is 2.29.